The van der Waals surface area contributed by atoms with Crippen LogP contribution in [0.25, 0.3) is 0 Å². The van der Waals surface area contributed by atoms with Crippen LogP contribution in [0.2, 0.25) is 0 Å². The third-order valence-corrected chi connectivity index (χ3v) is 7.83. The summed E-state index contributed by atoms with van der Waals surface area (Å²) in [5.41, 5.74) is 5.92. The van der Waals surface area contributed by atoms with Crippen molar-refractivity contribution in [3.05, 3.63) is 95.3 Å². The molecule has 0 saturated carbocycles. The lowest BCUT2D eigenvalue weighted by Gasteiger charge is -2.37. The molecule has 3 unspecified atom stereocenters. The number of nitrogens with one attached hydrogen (secondary N) is 2. The van der Waals surface area contributed by atoms with E-state index < -0.39 is 10.0 Å². The van der Waals surface area contributed by atoms with Gasteiger partial charge in [-0.2, -0.15) is 0 Å². The first-order valence-electron chi connectivity index (χ1n) is 10.5. The third-order valence-electron chi connectivity index (χ3n) is 6.45. The molecule has 0 saturated heterocycles. The molecule has 1 aliphatic heterocycles. The molecule has 5 rings (SSSR count). The van der Waals surface area contributed by atoms with Crippen LogP contribution in [0, 0.1) is 19.8 Å². The van der Waals surface area contributed by atoms with E-state index in [1.807, 2.05) is 50.4 Å². The van der Waals surface area contributed by atoms with Gasteiger partial charge in [-0.3, -0.25) is 9.71 Å². The largest absolute Gasteiger partial charge is 0.378 e. The predicted molar refractivity (Wildman–Crippen MR) is 124 cm³/mol. The lowest BCUT2D eigenvalue weighted by atomic mass is 9.77. The molecule has 1 aliphatic carbocycles. The van der Waals surface area contributed by atoms with Crippen LogP contribution in [0.5, 0.6) is 0 Å². The highest BCUT2D eigenvalue weighted by molar-refractivity contribution is 7.92. The first-order chi connectivity index (χ1) is 14.9. The molecule has 0 spiro atoms. The molecule has 158 valence electrons. The van der Waals surface area contributed by atoms with E-state index in [2.05, 4.69) is 33.2 Å². The minimum atomic E-state index is -3.68. The molecule has 6 heteroatoms. The fraction of sp³-hybridized carbons (Fsp3) is 0.240. The molecule has 2 N–H and O–H groups in total. The zero-order valence-electron chi connectivity index (χ0n) is 17.5. The van der Waals surface area contributed by atoms with Gasteiger partial charge in [0.25, 0.3) is 10.0 Å². The topological polar surface area (TPSA) is 71.1 Å². The van der Waals surface area contributed by atoms with Crippen molar-refractivity contribution in [3.8, 4) is 0 Å². The van der Waals surface area contributed by atoms with Crippen molar-refractivity contribution in [1.29, 1.82) is 0 Å². The number of hydrogen-bond acceptors (Lipinski definition) is 4. The van der Waals surface area contributed by atoms with E-state index in [1.54, 1.807) is 18.3 Å². The van der Waals surface area contributed by atoms with Gasteiger partial charge < -0.3 is 5.32 Å². The molecule has 1 aromatic heterocycles. The zero-order chi connectivity index (χ0) is 21.6. The van der Waals surface area contributed by atoms with Crippen molar-refractivity contribution >= 4 is 21.4 Å². The van der Waals surface area contributed by atoms with Gasteiger partial charge in [-0.15, -0.1) is 0 Å². The van der Waals surface area contributed by atoms with Gasteiger partial charge in [-0.05, 0) is 84.8 Å². The van der Waals surface area contributed by atoms with Crippen molar-refractivity contribution in [2.75, 3.05) is 10.0 Å². The first-order valence-corrected chi connectivity index (χ1v) is 12.0. The Bertz CT molecular complexity index is 1270. The Hall–Kier alpha value is -3.12. The second kappa shape index (κ2) is 7.54. The smallest absolute Gasteiger partial charge is 0.261 e. The molecule has 5 nitrogen and oxygen atoms in total. The molecule has 0 amide bonds. The number of nitrogens with zero attached hydrogens (tertiary/aromatic N) is 1. The van der Waals surface area contributed by atoms with Gasteiger partial charge in [0.1, 0.15) is 0 Å². The summed E-state index contributed by atoms with van der Waals surface area (Å²) in [5.74, 6) is 0.514. The van der Waals surface area contributed by atoms with E-state index in [9.17, 15) is 8.42 Å². The van der Waals surface area contributed by atoms with Crippen LogP contribution in [0.15, 0.2) is 78.0 Å². The fourth-order valence-electron chi connectivity index (χ4n) is 4.65. The van der Waals surface area contributed by atoms with Crippen LogP contribution in [-0.4, -0.2) is 13.4 Å². The summed E-state index contributed by atoms with van der Waals surface area (Å²) in [5, 5.41) is 3.63. The highest BCUT2D eigenvalue weighted by atomic mass is 32.2. The molecule has 2 aliphatic rings. The molecule has 0 bridgehead atoms. The molecule has 31 heavy (non-hydrogen) atoms. The molecule has 3 aromatic rings. The van der Waals surface area contributed by atoms with E-state index in [0.29, 0.717) is 11.6 Å². The lowest BCUT2D eigenvalue weighted by molar-refractivity contribution is 0.424. The van der Waals surface area contributed by atoms with E-state index in [0.717, 1.165) is 34.4 Å². The number of anilines is 2. The average Bonchev–Trinajstić information content (AvgIpc) is 3.26. The minimum Gasteiger partial charge on any atom is -0.378 e. The second-order valence-corrected chi connectivity index (χ2v) is 10.1. The number of hydrogen-bond donors (Lipinski definition) is 2. The Balaban J connectivity index is 1.48. The summed E-state index contributed by atoms with van der Waals surface area (Å²) in [6.45, 7) is 3.98. The van der Waals surface area contributed by atoms with Gasteiger partial charge in [-0.25, -0.2) is 8.42 Å². The van der Waals surface area contributed by atoms with Gasteiger partial charge >= 0.3 is 0 Å². The van der Waals surface area contributed by atoms with Crippen molar-refractivity contribution in [3.63, 3.8) is 0 Å². The number of aromatic nitrogens is 1. The number of aryl methyl sites for hydroxylation is 2. The lowest BCUT2D eigenvalue weighted by Crippen LogP contribution is -2.29. The zero-order valence-corrected chi connectivity index (χ0v) is 18.4. The van der Waals surface area contributed by atoms with Crippen LogP contribution in [-0.2, 0) is 10.0 Å². The van der Waals surface area contributed by atoms with E-state index in [1.165, 1.54) is 0 Å². The van der Waals surface area contributed by atoms with Gasteiger partial charge in [0, 0.05) is 29.7 Å². The van der Waals surface area contributed by atoms with Gasteiger partial charge in [0.05, 0.1) is 10.9 Å². The Morgan fingerprint density at radius 2 is 1.94 bits per heavy atom. The summed E-state index contributed by atoms with van der Waals surface area (Å²) in [6.07, 6.45) is 9.05. The molecule has 3 atom stereocenters. The minimum absolute atomic E-state index is 0.150. The predicted octanol–water partition coefficient (Wildman–Crippen LogP) is 5.33. The number of benzene rings is 2. The Morgan fingerprint density at radius 1 is 1.06 bits per heavy atom. The highest BCUT2D eigenvalue weighted by Gasteiger charge is 2.38. The average molecular weight is 432 g/mol. The maximum Gasteiger partial charge on any atom is 0.261 e. The summed E-state index contributed by atoms with van der Waals surface area (Å²) in [4.78, 5) is 4.56. The number of rotatable bonds is 4. The number of sulfonamides is 1. The van der Waals surface area contributed by atoms with Gasteiger partial charge in [0.2, 0.25) is 0 Å². The second-order valence-electron chi connectivity index (χ2n) is 8.42. The maximum atomic E-state index is 13.1. The summed E-state index contributed by atoms with van der Waals surface area (Å²) >= 11 is 0. The molecule has 0 fully saturated rings. The monoisotopic (exact) mass is 431 g/mol. The Labute approximate surface area is 183 Å². The molecule has 2 aromatic carbocycles. The van der Waals surface area contributed by atoms with Crippen molar-refractivity contribution in [2.24, 2.45) is 5.92 Å². The summed E-state index contributed by atoms with van der Waals surface area (Å²) < 4.78 is 28.9. The first kappa shape index (κ1) is 19.8. The fourth-order valence-corrected chi connectivity index (χ4v) is 5.73. The number of allylic oxidation sites excluding steroid dienone is 2. The molecular weight excluding hydrogens is 406 g/mol. The molecule has 2 heterocycles. The number of fused-ring (bicyclic) bond motifs is 3. The highest BCUT2D eigenvalue weighted by Crippen LogP contribution is 2.50. The van der Waals surface area contributed by atoms with Gasteiger partial charge in [-0.1, -0.05) is 24.3 Å². The van der Waals surface area contributed by atoms with Crippen LogP contribution in [0.1, 0.15) is 40.6 Å². The van der Waals surface area contributed by atoms with E-state index in [4.69, 9.17) is 0 Å². The Morgan fingerprint density at radius 3 is 2.71 bits per heavy atom. The maximum absolute atomic E-state index is 13.1. The van der Waals surface area contributed by atoms with E-state index >= 15 is 0 Å². The molecule has 0 radical (unpaired) electrons. The molecular formula is C25H25N3O2S. The summed E-state index contributed by atoms with van der Waals surface area (Å²) in [6, 6.07) is 15.2. The van der Waals surface area contributed by atoms with Crippen molar-refractivity contribution < 1.29 is 8.42 Å². The quantitative estimate of drug-likeness (QED) is 0.548. The normalized spacial score (nSPS) is 21.8. The van der Waals surface area contributed by atoms with Crippen molar-refractivity contribution in [2.45, 2.75) is 37.1 Å². The van der Waals surface area contributed by atoms with Crippen molar-refractivity contribution in [1.82, 2.24) is 4.98 Å². The van der Waals surface area contributed by atoms with Crippen LogP contribution < -0.4 is 10.0 Å². The summed E-state index contributed by atoms with van der Waals surface area (Å²) in [7, 11) is -3.68. The standard InChI is InChI=1S/C25H25N3O2S/c1-16-8-9-19(13-17(16)2)28-31(29,30)20-10-11-24-23(14-20)21-6-3-7-22(21)25(27-24)18-5-4-12-26-15-18/h3-6,8-15,21-22,25,27-28H,7H2,1-2H3. The third kappa shape index (κ3) is 3.61. The van der Waals surface area contributed by atoms with Crippen LogP contribution in [0.4, 0.5) is 11.4 Å². The van der Waals surface area contributed by atoms with Crippen LogP contribution in [0.3, 0.4) is 0 Å². The van der Waals surface area contributed by atoms with Crippen LogP contribution >= 0.6 is 0 Å². The van der Waals surface area contributed by atoms with E-state index in [-0.39, 0.29) is 16.9 Å². The van der Waals surface area contributed by atoms with Gasteiger partial charge in [0.15, 0.2) is 0 Å². The SMILES string of the molecule is Cc1ccc(NS(=O)(=O)c2ccc3c(c2)C2C=CCC2C(c2cccnc2)N3)cc1C. The number of pyridine rings is 1. The Kier molecular flexibility index (Phi) is 4.82.